The van der Waals surface area contributed by atoms with Crippen LogP contribution in [0.1, 0.15) is 44.3 Å². The predicted octanol–water partition coefficient (Wildman–Crippen LogP) is 4.92. The Hall–Kier alpha value is -2.74. The molecule has 1 saturated carbocycles. The van der Waals surface area contributed by atoms with Crippen LogP contribution in [-0.2, 0) is 11.2 Å². The normalized spacial score (nSPS) is 18.9. The van der Waals surface area contributed by atoms with Crippen molar-refractivity contribution in [3.63, 3.8) is 0 Å². The Bertz CT molecular complexity index is 1240. The molecule has 3 heterocycles. The highest BCUT2D eigenvalue weighted by molar-refractivity contribution is 6.30. The Morgan fingerprint density at radius 2 is 1.97 bits per heavy atom. The number of aromatic nitrogens is 3. The van der Waals surface area contributed by atoms with Gasteiger partial charge in [0.15, 0.2) is 6.23 Å². The van der Waals surface area contributed by atoms with E-state index in [4.69, 9.17) is 26.1 Å². The van der Waals surface area contributed by atoms with Gasteiger partial charge in [-0.25, -0.2) is 9.97 Å². The van der Waals surface area contributed by atoms with E-state index in [9.17, 15) is 4.79 Å². The summed E-state index contributed by atoms with van der Waals surface area (Å²) < 4.78 is 13.6. The van der Waals surface area contributed by atoms with Crippen molar-refractivity contribution >= 4 is 22.5 Å². The molecule has 1 aliphatic heterocycles. The van der Waals surface area contributed by atoms with Gasteiger partial charge < -0.3 is 9.47 Å². The highest BCUT2D eigenvalue weighted by Crippen LogP contribution is 2.32. The predicted molar refractivity (Wildman–Crippen MR) is 137 cm³/mol. The lowest BCUT2D eigenvalue weighted by molar-refractivity contribution is -0.0523. The molecule has 2 aliphatic rings. The SMILES string of the molecule is C=CCOCCc1nc2cnc(Cl)cc2c(=O)n1-c1ccc(OC2CCCCN2C2CCC2)cc1. The minimum atomic E-state index is -0.185. The van der Waals surface area contributed by atoms with Gasteiger partial charge in [-0.05, 0) is 62.4 Å². The fourth-order valence-corrected chi connectivity index (χ4v) is 5.05. The number of hydrogen-bond acceptors (Lipinski definition) is 6. The fourth-order valence-electron chi connectivity index (χ4n) is 4.89. The summed E-state index contributed by atoms with van der Waals surface area (Å²) in [5.41, 5.74) is 1.06. The molecule has 0 radical (unpaired) electrons. The maximum absolute atomic E-state index is 13.5. The van der Waals surface area contributed by atoms with Crippen LogP contribution in [-0.4, -0.2) is 51.5 Å². The van der Waals surface area contributed by atoms with Crippen molar-refractivity contribution in [3.05, 3.63) is 70.5 Å². The number of halogens is 1. The van der Waals surface area contributed by atoms with Crippen LogP contribution < -0.4 is 10.3 Å². The molecule has 2 aromatic heterocycles. The number of likely N-dealkylation sites (tertiary alicyclic amines) is 1. The number of rotatable bonds is 9. The van der Waals surface area contributed by atoms with Crippen molar-refractivity contribution in [2.45, 2.75) is 57.2 Å². The summed E-state index contributed by atoms with van der Waals surface area (Å²) in [7, 11) is 0. The van der Waals surface area contributed by atoms with Gasteiger partial charge >= 0.3 is 0 Å². The smallest absolute Gasteiger partial charge is 0.266 e. The first kappa shape index (κ1) is 24.0. The molecule has 0 amide bonds. The molecule has 0 N–H and O–H groups in total. The zero-order valence-electron chi connectivity index (χ0n) is 19.9. The van der Waals surface area contributed by atoms with Crippen molar-refractivity contribution in [2.75, 3.05) is 19.8 Å². The lowest BCUT2D eigenvalue weighted by Gasteiger charge is -2.44. The van der Waals surface area contributed by atoms with Crippen molar-refractivity contribution < 1.29 is 9.47 Å². The minimum absolute atomic E-state index is 0.122. The van der Waals surface area contributed by atoms with E-state index in [2.05, 4.69) is 16.5 Å². The fraction of sp³-hybridized carbons (Fsp3) is 0.444. The van der Waals surface area contributed by atoms with E-state index in [1.807, 2.05) is 24.3 Å². The third-order valence-electron chi connectivity index (χ3n) is 6.89. The van der Waals surface area contributed by atoms with E-state index in [0.717, 1.165) is 24.4 Å². The van der Waals surface area contributed by atoms with Gasteiger partial charge in [0.1, 0.15) is 16.7 Å². The number of fused-ring (bicyclic) bond motifs is 1. The highest BCUT2D eigenvalue weighted by atomic mass is 35.5. The number of hydrogen-bond donors (Lipinski definition) is 0. The molecule has 5 rings (SSSR count). The van der Waals surface area contributed by atoms with Crippen molar-refractivity contribution in [1.82, 2.24) is 19.4 Å². The van der Waals surface area contributed by atoms with Crippen LogP contribution in [0.2, 0.25) is 5.15 Å². The van der Waals surface area contributed by atoms with E-state index < -0.39 is 0 Å². The Labute approximate surface area is 210 Å². The summed E-state index contributed by atoms with van der Waals surface area (Å²) in [6, 6.07) is 9.94. The molecular formula is C27H31ClN4O3. The Kier molecular flexibility index (Phi) is 7.46. The highest BCUT2D eigenvalue weighted by Gasteiger charge is 2.33. The first-order valence-corrected chi connectivity index (χ1v) is 12.8. The third-order valence-corrected chi connectivity index (χ3v) is 7.10. The van der Waals surface area contributed by atoms with Gasteiger partial charge in [0.05, 0.1) is 36.0 Å². The minimum Gasteiger partial charge on any atom is -0.475 e. The Morgan fingerprint density at radius 1 is 1.14 bits per heavy atom. The maximum Gasteiger partial charge on any atom is 0.266 e. The van der Waals surface area contributed by atoms with Crippen LogP contribution in [0.5, 0.6) is 5.75 Å². The Balaban J connectivity index is 1.43. The molecule has 3 aromatic rings. The van der Waals surface area contributed by atoms with Gasteiger partial charge in [0, 0.05) is 19.0 Å². The molecule has 0 spiro atoms. The van der Waals surface area contributed by atoms with Crippen LogP contribution in [0.15, 0.2) is 54.0 Å². The van der Waals surface area contributed by atoms with E-state index >= 15 is 0 Å². The van der Waals surface area contributed by atoms with Crippen LogP contribution in [0.4, 0.5) is 0 Å². The molecule has 0 bridgehead atoms. The molecule has 8 heteroatoms. The zero-order valence-corrected chi connectivity index (χ0v) is 20.6. The van der Waals surface area contributed by atoms with Crippen molar-refractivity contribution in [2.24, 2.45) is 0 Å². The lowest BCUT2D eigenvalue weighted by Crippen LogP contribution is -2.51. The molecule has 1 aromatic carbocycles. The molecule has 1 unspecified atom stereocenters. The van der Waals surface area contributed by atoms with Gasteiger partial charge in [-0.2, -0.15) is 0 Å². The number of pyridine rings is 1. The first-order valence-electron chi connectivity index (χ1n) is 12.4. The average molecular weight is 495 g/mol. The van der Waals surface area contributed by atoms with Crippen molar-refractivity contribution in [1.29, 1.82) is 0 Å². The summed E-state index contributed by atoms with van der Waals surface area (Å²) in [5.74, 6) is 1.42. The summed E-state index contributed by atoms with van der Waals surface area (Å²) in [5, 5.41) is 0.691. The lowest BCUT2D eigenvalue weighted by atomic mass is 9.89. The molecule has 1 atom stereocenters. The van der Waals surface area contributed by atoms with Gasteiger partial charge in [0.2, 0.25) is 0 Å². The van der Waals surface area contributed by atoms with E-state index in [1.165, 1.54) is 38.3 Å². The van der Waals surface area contributed by atoms with Crippen LogP contribution in [0.3, 0.4) is 0 Å². The molecule has 184 valence electrons. The second kappa shape index (κ2) is 10.9. The summed E-state index contributed by atoms with van der Waals surface area (Å²) in [6.07, 6.45) is 11.2. The quantitative estimate of drug-likeness (QED) is 0.239. The molecular weight excluding hydrogens is 464 g/mol. The first-order chi connectivity index (χ1) is 17.1. The standard InChI is InChI=1S/C27H31ClN4O3/c1-2-15-34-16-13-25-30-23-18-29-24(28)17-22(23)27(33)32(25)20-9-11-21(12-10-20)35-26-8-3-4-14-31(26)19-6-5-7-19/h2,9-12,17-19,26H,1,3-8,13-16H2. The molecule has 7 nitrogen and oxygen atoms in total. The van der Waals surface area contributed by atoms with Gasteiger partial charge in [-0.1, -0.05) is 24.1 Å². The number of ether oxygens (including phenoxy) is 2. The molecule has 2 fully saturated rings. The van der Waals surface area contributed by atoms with Crippen LogP contribution >= 0.6 is 11.6 Å². The monoisotopic (exact) mass is 494 g/mol. The Morgan fingerprint density at radius 3 is 2.71 bits per heavy atom. The second-order valence-electron chi connectivity index (χ2n) is 9.19. The molecule has 1 aliphatic carbocycles. The van der Waals surface area contributed by atoms with E-state index in [1.54, 1.807) is 16.7 Å². The summed E-state index contributed by atoms with van der Waals surface area (Å²) in [4.78, 5) is 24.8. The molecule has 35 heavy (non-hydrogen) atoms. The van der Waals surface area contributed by atoms with Crippen LogP contribution in [0, 0.1) is 0 Å². The second-order valence-corrected chi connectivity index (χ2v) is 9.58. The van der Waals surface area contributed by atoms with Gasteiger partial charge in [-0.15, -0.1) is 6.58 Å². The van der Waals surface area contributed by atoms with Gasteiger partial charge in [0.25, 0.3) is 5.56 Å². The maximum atomic E-state index is 13.5. The number of nitrogens with zero attached hydrogens (tertiary/aromatic N) is 4. The van der Waals surface area contributed by atoms with E-state index in [-0.39, 0.29) is 16.9 Å². The van der Waals surface area contributed by atoms with E-state index in [0.29, 0.717) is 42.4 Å². The van der Waals surface area contributed by atoms with Crippen LogP contribution in [0.25, 0.3) is 16.6 Å². The zero-order chi connectivity index (χ0) is 24.2. The third kappa shape index (κ3) is 5.27. The largest absolute Gasteiger partial charge is 0.475 e. The average Bonchev–Trinajstić information content (AvgIpc) is 2.83. The summed E-state index contributed by atoms with van der Waals surface area (Å²) in [6.45, 7) is 5.65. The molecule has 1 saturated heterocycles. The number of benzene rings is 1. The van der Waals surface area contributed by atoms with Crippen molar-refractivity contribution in [3.8, 4) is 11.4 Å². The topological polar surface area (TPSA) is 69.5 Å². The number of piperidine rings is 1. The van der Waals surface area contributed by atoms with Gasteiger partial charge in [-0.3, -0.25) is 14.3 Å². The summed E-state index contributed by atoms with van der Waals surface area (Å²) >= 11 is 6.07.